The Kier molecular flexibility index (Phi) is 3.99. The molecule has 0 spiro atoms. The Morgan fingerprint density at radius 1 is 1.47 bits per heavy atom. The third-order valence-electron chi connectivity index (χ3n) is 2.57. The van der Waals surface area contributed by atoms with Crippen molar-refractivity contribution in [3.8, 4) is 12.3 Å². The predicted molar refractivity (Wildman–Crippen MR) is 71.5 cm³/mol. The van der Waals surface area contributed by atoms with E-state index in [-0.39, 0.29) is 0 Å². The van der Waals surface area contributed by atoms with Gasteiger partial charge in [-0.3, -0.25) is 4.68 Å². The van der Waals surface area contributed by atoms with E-state index in [0.717, 1.165) is 5.56 Å². The van der Waals surface area contributed by atoms with E-state index >= 15 is 0 Å². The van der Waals surface area contributed by atoms with Gasteiger partial charge in [0.1, 0.15) is 0 Å². The third kappa shape index (κ3) is 3.46. The number of ether oxygens (including phenoxy) is 1. The van der Waals surface area contributed by atoms with Crippen LogP contribution in [0.15, 0.2) is 42.7 Å². The Morgan fingerprint density at radius 3 is 2.89 bits per heavy atom. The maximum atomic E-state index is 11.7. The summed E-state index contributed by atoms with van der Waals surface area (Å²) in [5.41, 5.74) is 1.51. The molecule has 0 bridgehead atoms. The Bertz CT molecular complexity index is 596. The lowest BCUT2D eigenvalue weighted by Gasteiger charge is -2.04. The first-order valence-electron chi connectivity index (χ1n) is 5.92. The highest BCUT2D eigenvalue weighted by Crippen LogP contribution is 2.06. The largest absolute Gasteiger partial charge is 0.446 e. The summed E-state index contributed by atoms with van der Waals surface area (Å²) in [6.45, 7) is 2.26. The maximum absolute atomic E-state index is 11.7. The molecular weight excluding hydrogens is 240 g/mol. The van der Waals surface area contributed by atoms with Crippen molar-refractivity contribution in [3.63, 3.8) is 0 Å². The average molecular weight is 254 g/mol. The number of aromatic nitrogens is 2. The van der Waals surface area contributed by atoms with Crippen LogP contribution in [0.4, 0.5) is 0 Å². The molecule has 0 aliphatic heterocycles. The van der Waals surface area contributed by atoms with E-state index in [1.54, 1.807) is 17.8 Å². The van der Waals surface area contributed by atoms with Gasteiger partial charge >= 0.3 is 5.97 Å². The van der Waals surface area contributed by atoms with Gasteiger partial charge in [0, 0.05) is 6.20 Å². The summed E-state index contributed by atoms with van der Waals surface area (Å²) in [6.07, 6.45) is 7.75. The molecular formula is C15H14N2O2. The van der Waals surface area contributed by atoms with Gasteiger partial charge in [0.15, 0.2) is 6.10 Å². The average Bonchev–Trinajstić information content (AvgIpc) is 2.88. The van der Waals surface area contributed by atoms with Crippen molar-refractivity contribution in [2.75, 3.05) is 0 Å². The number of rotatable bonds is 4. The number of hydrogen-bond donors (Lipinski definition) is 0. The molecule has 0 radical (unpaired) electrons. The summed E-state index contributed by atoms with van der Waals surface area (Å²) in [5.74, 6) is 1.89. The van der Waals surface area contributed by atoms with Crippen LogP contribution in [0, 0.1) is 12.3 Å². The second-order valence-corrected chi connectivity index (χ2v) is 4.13. The number of carbonyl (C=O) groups is 1. The van der Waals surface area contributed by atoms with Crippen molar-refractivity contribution in [1.29, 1.82) is 0 Å². The van der Waals surface area contributed by atoms with E-state index in [9.17, 15) is 4.79 Å². The van der Waals surface area contributed by atoms with Crippen LogP contribution >= 0.6 is 0 Å². The molecule has 0 amide bonds. The standard InChI is InChI=1S/C15H14N2O2/c1-3-12(2)19-15(18)14-9-16-17(11-14)10-13-7-5-4-6-8-13/h1,4-9,11-12H,10H2,2H3/t12-/m1/s1. The minimum Gasteiger partial charge on any atom is -0.446 e. The number of terminal acetylenes is 1. The van der Waals surface area contributed by atoms with Gasteiger partial charge in [-0.2, -0.15) is 5.10 Å². The zero-order valence-corrected chi connectivity index (χ0v) is 10.6. The minimum atomic E-state index is -0.537. The number of hydrogen-bond acceptors (Lipinski definition) is 3. The molecule has 1 aromatic heterocycles. The summed E-state index contributed by atoms with van der Waals surface area (Å²) in [6, 6.07) is 9.88. The Morgan fingerprint density at radius 2 is 2.21 bits per heavy atom. The van der Waals surface area contributed by atoms with Crippen molar-refractivity contribution >= 4 is 5.97 Å². The SMILES string of the molecule is C#C[C@@H](C)OC(=O)c1cnn(Cc2ccccc2)c1. The Balaban J connectivity index is 2.03. The second kappa shape index (κ2) is 5.87. The van der Waals surface area contributed by atoms with Crippen LogP contribution in [0.3, 0.4) is 0 Å². The summed E-state index contributed by atoms with van der Waals surface area (Å²) in [5, 5.41) is 4.13. The molecule has 1 heterocycles. The van der Waals surface area contributed by atoms with Gasteiger partial charge in [0.05, 0.1) is 18.3 Å². The Hall–Kier alpha value is -2.54. The molecule has 1 aromatic carbocycles. The molecule has 1 atom stereocenters. The van der Waals surface area contributed by atoms with Crippen LogP contribution in [0.1, 0.15) is 22.8 Å². The van der Waals surface area contributed by atoms with Crippen molar-refractivity contribution < 1.29 is 9.53 Å². The summed E-state index contributed by atoms with van der Waals surface area (Å²) >= 11 is 0. The topological polar surface area (TPSA) is 44.1 Å². The first-order valence-corrected chi connectivity index (χ1v) is 5.92. The van der Waals surface area contributed by atoms with Crippen molar-refractivity contribution in [2.24, 2.45) is 0 Å². The normalized spacial score (nSPS) is 11.6. The van der Waals surface area contributed by atoms with E-state index in [4.69, 9.17) is 11.2 Å². The van der Waals surface area contributed by atoms with Crippen LogP contribution in [-0.4, -0.2) is 21.9 Å². The highest BCUT2D eigenvalue weighted by molar-refractivity contribution is 5.89. The second-order valence-electron chi connectivity index (χ2n) is 4.13. The first-order chi connectivity index (χ1) is 9.19. The van der Waals surface area contributed by atoms with Crippen LogP contribution in [0.25, 0.3) is 0 Å². The van der Waals surface area contributed by atoms with E-state index in [1.165, 1.54) is 6.20 Å². The zero-order chi connectivity index (χ0) is 13.7. The zero-order valence-electron chi connectivity index (χ0n) is 10.6. The molecule has 0 N–H and O–H groups in total. The van der Waals surface area contributed by atoms with Crippen LogP contribution in [-0.2, 0) is 11.3 Å². The Labute approximate surface area is 112 Å². The van der Waals surface area contributed by atoms with Gasteiger partial charge in [0.2, 0.25) is 0 Å². The van der Waals surface area contributed by atoms with Crippen LogP contribution in [0.5, 0.6) is 0 Å². The van der Waals surface area contributed by atoms with Gasteiger partial charge < -0.3 is 4.74 Å². The molecule has 0 saturated heterocycles. The summed E-state index contributed by atoms with van der Waals surface area (Å²) < 4.78 is 6.71. The van der Waals surface area contributed by atoms with Crippen molar-refractivity contribution in [1.82, 2.24) is 9.78 Å². The van der Waals surface area contributed by atoms with Gasteiger partial charge in [-0.05, 0) is 12.5 Å². The highest BCUT2D eigenvalue weighted by atomic mass is 16.5. The molecule has 19 heavy (non-hydrogen) atoms. The highest BCUT2D eigenvalue weighted by Gasteiger charge is 2.12. The molecule has 0 saturated carbocycles. The minimum absolute atomic E-state index is 0.401. The first kappa shape index (κ1) is 12.9. The lowest BCUT2D eigenvalue weighted by atomic mass is 10.2. The van der Waals surface area contributed by atoms with E-state index in [2.05, 4.69) is 11.0 Å². The molecule has 0 aliphatic rings. The van der Waals surface area contributed by atoms with E-state index in [1.807, 2.05) is 30.3 Å². The lowest BCUT2D eigenvalue weighted by molar-refractivity contribution is 0.0438. The quantitative estimate of drug-likeness (QED) is 0.620. The maximum Gasteiger partial charge on any atom is 0.342 e. The number of esters is 1. The molecule has 96 valence electrons. The van der Waals surface area contributed by atoms with Crippen molar-refractivity contribution in [3.05, 3.63) is 53.9 Å². The molecule has 0 aliphatic carbocycles. The van der Waals surface area contributed by atoms with Crippen molar-refractivity contribution in [2.45, 2.75) is 19.6 Å². The fourth-order valence-corrected chi connectivity index (χ4v) is 1.59. The third-order valence-corrected chi connectivity index (χ3v) is 2.57. The van der Waals surface area contributed by atoms with E-state index in [0.29, 0.717) is 12.1 Å². The van der Waals surface area contributed by atoms with Gasteiger partial charge in [0.25, 0.3) is 0 Å². The molecule has 2 rings (SSSR count). The fraction of sp³-hybridized carbons (Fsp3) is 0.200. The van der Waals surface area contributed by atoms with E-state index < -0.39 is 12.1 Å². The molecule has 2 aromatic rings. The number of carbonyl (C=O) groups excluding carboxylic acids is 1. The fourth-order valence-electron chi connectivity index (χ4n) is 1.59. The summed E-state index contributed by atoms with van der Waals surface area (Å²) in [7, 11) is 0. The lowest BCUT2D eigenvalue weighted by Crippen LogP contribution is -2.12. The smallest absolute Gasteiger partial charge is 0.342 e. The molecule has 4 heteroatoms. The van der Waals surface area contributed by atoms with Gasteiger partial charge in [-0.15, -0.1) is 6.42 Å². The number of benzene rings is 1. The van der Waals surface area contributed by atoms with Crippen LogP contribution in [0.2, 0.25) is 0 Å². The number of nitrogens with zero attached hydrogens (tertiary/aromatic N) is 2. The monoisotopic (exact) mass is 254 g/mol. The molecule has 4 nitrogen and oxygen atoms in total. The molecule has 0 fully saturated rings. The van der Waals surface area contributed by atoms with Gasteiger partial charge in [-0.1, -0.05) is 36.3 Å². The molecule has 0 unspecified atom stereocenters. The van der Waals surface area contributed by atoms with Gasteiger partial charge in [-0.25, -0.2) is 4.79 Å². The predicted octanol–water partition coefficient (Wildman–Crippen LogP) is 2.11. The van der Waals surface area contributed by atoms with Crippen LogP contribution < -0.4 is 0 Å². The summed E-state index contributed by atoms with van der Waals surface area (Å²) in [4.78, 5) is 11.7.